The highest BCUT2D eigenvalue weighted by atomic mass is 16.5. The molecule has 1 aliphatic carbocycles. The van der Waals surface area contributed by atoms with Gasteiger partial charge in [-0.25, -0.2) is 0 Å². The summed E-state index contributed by atoms with van der Waals surface area (Å²) in [6.45, 7) is 3.40. The number of rotatable bonds is 8. The first-order chi connectivity index (χ1) is 10.1. The van der Waals surface area contributed by atoms with Gasteiger partial charge in [0.15, 0.2) is 0 Å². The fraction of sp³-hybridized carbons (Fsp3) is 0.867. The summed E-state index contributed by atoms with van der Waals surface area (Å²) in [4.78, 5) is 25.9. The largest absolute Gasteiger partial charge is 0.465 e. The predicted octanol–water partition coefficient (Wildman–Crippen LogP) is 0.790. The van der Waals surface area contributed by atoms with Crippen molar-refractivity contribution < 1.29 is 19.1 Å². The number of amides is 1. The molecule has 0 aromatic carbocycles. The van der Waals surface area contributed by atoms with E-state index < -0.39 is 0 Å². The Morgan fingerprint density at radius 3 is 2.62 bits per heavy atom. The Labute approximate surface area is 126 Å². The molecule has 6 nitrogen and oxygen atoms in total. The van der Waals surface area contributed by atoms with E-state index in [9.17, 15) is 9.59 Å². The first-order valence-electron chi connectivity index (χ1n) is 7.77. The molecule has 2 N–H and O–H groups in total. The van der Waals surface area contributed by atoms with E-state index in [1.807, 2.05) is 0 Å². The minimum Gasteiger partial charge on any atom is -0.465 e. The van der Waals surface area contributed by atoms with Crippen LogP contribution in [-0.4, -0.2) is 56.7 Å². The van der Waals surface area contributed by atoms with Crippen LogP contribution in [0, 0.1) is 11.8 Å². The Kier molecular flexibility index (Phi) is 8.30. The number of nitrogens with zero attached hydrogens (tertiary/aromatic N) is 1. The van der Waals surface area contributed by atoms with Crippen LogP contribution in [0.15, 0.2) is 0 Å². The van der Waals surface area contributed by atoms with Crippen LogP contribution in [0.4, 0.5) is 0 Å². The predicted molar refractivity (Wildman–Crippen MR) is 79.6 cm³/mol. The third-order valence-electron chi connectivity index (χ3n) is 4.03. The number of hydrogen-bond donors (Lipinski definition) is 1. The highest BCUT2D eigenvalue weighted by molar-refractivity contribution is 5.84. The molecule has 1 rings (SSSR count). The monoisotopic (exact) mass is 300 g/mol. The minimum absolute atomic E-state index is 0.00949. The molecule has 1 aliphatic rings. The van der Waals surface area contributed by atoms with Crippen molar-refractivity contribution >= 4 is 11.9 Å². The Hall–Kier alpha value is -1.14. The summed E-state index contributed by atoms with van der Waals surface area (Å²) >= 11 is 0. The molecule has 1 fully saturated rings. The zero-order valence-electron chi connectivity index (χ0n) is 13.2. The van der Waals surface area contributed by atoms with Crippen molar-refractivity contribution in [2.24, 2.45) is 17.6 Å². The van der Waals surface area contributed by atoms with E-state index in [4.69, 9.17) is 15.2 Å². The second kappa shape index (κ2) is 9.73. The van der Waals surface area contributed by atoms with Crippen molar-refractivity contribution in [1.29, 1.82) is 0 Å². The Balaban J connectivity index is 2.70. The summed E-state index contributed by atoms with van der Waals surface area (Å²) in [5, 5.41) is 0. The number of methoxy groups -OCH3 is 1. The second-order valence-electron chi connectivity index (χ2n) is 5.44. The molecule has 122 valence electrons. The van der Waals surface area contributed by atoms with Crippen molar-refractivity contribution in [3.63, 3.8) is 0 Å². The molecule has 0 radical (unpaired) electrons. The summed E-state index contributed by atoms with van der Waals surface area (Å²) in [5.74, 6) is -0.217. The summed E-state index contributed by atoms with van der Waals surface area (Å²) in [6.07, 6.45) is 4.02. The van der Waals surface area contributed by atoms with Crippen LogP contribution in [0.25, 0.3) is 0 Å². The smallest absolute Gasteiger partial charge is 0.325 e. The first kappa shape index (κ1) is 17.9. The maximum Gasteiger partial charge on any atom is 0.325 e. The molecule has 1 amide bonds. The molecule has 0 aromatic rings. The van der Waals surface area contributed by atoms with E-state index in [0.717, 1.165) is 25.7 Å². The lowest BCUT2D eigenvalue weighted by Crippen LogP contribution is -2.45. The first-order valence-corrected chi connectivity index (χ1v) is 7.77. The lowest BCUT2D eigenvalue weighted by Gasteiger charge is -2.33. The van der Waals surface area contributed by atoms with E-state index in [1.54, 1.807) is 18.9 Å². The third-order valence-corrected chi connectivity index (χ3v) is 4.03. The summed E-state index contributed by atoms with van der Waals surface area (Å²) < 4.78 is 9.98. The van der Waals surface area contributed by atoms with Crippen LogP contribution in [0.2, 0.25) is 0 Å². The molecule has 0 heterocycles. The van der Waals surface area contributed by atoms with Gasteiger partial charge in [-0.3, -0.25) is 9.59 Å². The van der Waals surface area contributed by atoms with Gasteiger partial charge < -0.3 is 20.1 Å². The van der Waals surface area contributed by atoms with Gasteiger partial charge >= 0.3 is 5.97 Å². The summed E-state index contributed by atoms with van der Waals surface area (Å²) in [7, 11) is 1.58. The number of hydrogen-bond acceptors (Lipinski definition) is 5. The zero-order chi connectivity index (χ0) is 15.7. The lowest BCUT2D eigenvalue weighted by molar-refractivity contribution is -0.151. The van der Waals surface area contributed by atoms with Gasteiger partial charge in [0, 0.05) is 19.6 Å². The van der Waals surface area contributed by atoms with Crippen LogP contribution in [-0.2, 0) is 19.1 Å². The maximum absolute atomic E-state index is 12.7. The van der Waals surface area contributed by atoms with Gasteiger partial charge in [-0.15, -0.1) is 0 Å². The fourth-order valence-electron chi connectivity index (χ4n) is 2.88. The number of carbonyl (C=O) groups is 2. The molecule has 2 atom stereocenters. The van der Waals surface area contributed by atoms with Crippen LogP contribution >= 0.6 is 0 Å². The molecule has 1 saturated carbocycles. The van der Waals surface area contributed by atoms with E-state index in [2.05, 4.69) is 0 Å². The van der Waals surface area contributed by atoms with E-state index in [-0.39, 0.29) is 30.3 Å². The Bertz CT molecular complexity index is 336. The molecule has 0 aromatic heterocycles. The SMILES string of the molecule is CCOC(=O)CN(CCOC)C(=O)C1CCCCC1CN. The molecule has 0 bridgehead atoms. The van der Waals surface area contributed by atoms with Crippen LogP contribution in [0.5, 0.6) is 0 Å². The highest BCUT2D eigenvalue weighted by Gasteiger charge is 2.33. The molecule has 21 heavy (non-hydrogen) atoms. The summed E-state index contributed by atoms with van der Waals surface area (Å²) in [5.41, 5.74) is 5.79. The fourth-order valence-corrected chi connectivity index (χ4v) is 2.88. The quantitative estimate of drug-likeness (QED) is 0.670. The highest BCUT2D eigenvalue weighted by Crippen LogP contribution is 2.30. The molecule has 0 aliphatic heterocycles. The average Bonchev–Trinajstić information content (AvgIpc) is 2.50. The molecule has 6 heteroatoms. The maximum atomic E-state index is 12.7. The van der Waals surface area contributed by atoms with E-state index in [0.29, 0.717) is 26.3 Å². The topological polar surface area (TPSA) is 81.9 Å². The standard InChI is InChI=1S/C15H28N2O4/c1-3-21-14(18)11-17(8-9-20-2)15(19)13-7-5-4-6-12(13)10-16/h12-13H,3-11,16H2,1-2H3. The third kappa shape index (κ3) is 5.63. The van der Waals surface area contributed by atoms with Crippen molar-refractivity contribution in [1.82, 2.24) is 4.90 Å². The van der Waals surface area contributed by atoms with Crippen LogP contribution < -0.4 is 5.73 Å². The van der Waals surface area contributed by atoms with Gasteiger partial charge in [0.1, 0.15) is 6.54 Å². The lowest BCUT2D eigenvalue weighted by atomic mass is 9.78. The average molecular weight is 300 g/mol. The van der Waals surface area contributed by atoms with Gasteiger partial charge in [-0.05, 0) is 32.2 Å². The normalized spacial score (nSPS) is 21.9. The number of carbonyl (C=O) groups excluding carboxylic acids is 2. The molecular weight excluding hydrogens is 272 g/mol. The second-order valence-corrected chi connectivity index (χ2v) is 5.44. The molecule has 2 unspecified atom stereocenters. The van der Waals surface area contributed by atoms with Crippen molar-refractivity contribution in [3.05, 3.63) is 0 Å². The minimum atomic E-state index is -0.373. The number of esters is 1. The number of ether oxygens (including phenoxy) is 2. The van der Waals surface area contributed by atoms with Gasteiger partial charge in [0.2, 0.25) is 5.91 Å². The summed E-state index contributed by atoms with van der Waals surface area (Å²) in [6, 6.07) is 0. The van der Waals surface area contributed by atoms with Crippen molar-refractivity contribution in [3.8, 4) is 0 Å². The molecule has 0 spiro atoms. The zero-order valence-corrected chi connectivity index (χ0v) is 13.2. The van der Waals surface area contributed by atoms with E-state index in [1.165, 1.54) is 0 Å². The van der Waals surface area contributed by atoms with Gasteiger partial charge in [-0.1, -0.05) is 12.8 Å². The van der Waals surface area contributed by atoms with Crippen LogP contribution in [0.3, 0.4) is 0 Å². The van der Waals surface area contributed by atoms with Gasteiger partial charge in [0.25, 0.3) is 0 Å². The van der Waals surface area contributed by atoms with Crippen LogP contribution in [0.1, 0.15) is 32.6 Å². The van der Waals surface area contributed by atoms with Gasteiger partial charge in [0.05, 0.1) is 13.2 Å². The van der Waals surface area contributed by atoms with Gasteiger partial charge in [-0.2, -0.15) is 0 Å². The Morgan fingerprint density at radius 1 is 1.29 bits per heavy atom. The van der Waals surface area contributed by atoms with Crippen molar-refractivity contribution in [2.75, 3.05) is 40.0 Å². The number of nitrogens with two attached hydrogens (primary N) is 1. The van der Waals surface area contributed by atoms with Crippen molar-refractivity contribution in [2.45, 2.75) is 32.6 Å². The molecule has 0 saturated heterocycles. The molecular formula is C15H28N2O4. The van der Waals surface area contributed by atoms with E-state index >= 15 is 0 Å². The Morgan fingerprint density at radius 2 is 2.00 bits per heavy atom.